The number of aromatic nitrogens is 2. The van der Waals surface area contributed by atoms with Crippen LogP contribution in [0.25, 0.3) is 0 Å². The van der Waals surface area contributed by atoms with Gasteiger partial charge >= 0.3 is 6.18 Å². The first kappa shape index (κ1) is 22.3. The Balaban J connectivity index is 1.69. The monoisotopic (exact) mass is 474 g/mol. The molecule has 5 nitrogen and oxygen atoms in total. The Bertz CT molecular complexity index is 983. The van der Waals surface area contributed by atoms with E-state index in [2.05, 4.69) is 10.4 Å². The van der Waals surface area contributed by atoms with Crippen LogP contribution in [-0.2, 0) is 0 Å². The lowest BCUT2D eigenvalue weighted by Crippen LogP contribution is -2.47. The summed E-state index contributed by atoms with van der Waals surface area (Å²) in [6.07, 6.45) is -2.04. The topological polar surface area (TPSA) is 50.2 Å². The zero-order valence-electron chi connectivity index (χ0n) is 17.1. The van der Waals surface area contributed by atoms with Crippen molar-refractivity contribution in [2.45, 2.75) is 69.9 Å². The molecule has 3 heterocycles. The molecule has 31 heavy (non-hydrogen) atoms. The molecule has 0 radical (unpaired) electrons. The lowest BCUT2D eigenvalue weighted by molar-refractivity contribution is -0.173. The molecule has 1 fully saturated rings. The second-order valence-corrected chi connectivity index (χ2v) is 9.18. The number of benzene rings is 1. The molecule has 1 aromatic carbocycles. The molecule has 10 heteroatoms. The van der Waals surface area contributed by atoms with Crippen LogP contribution >= 0.6 is 23.2 Å². The van der Waals surface area contributed by atoms with Gasteiger partial charge in [0.05, 0.1) is 16.1 Å². The Labute approximate surface area is 188 Å². The molecule has 0 spiro atoms. The minimum absolute atomic E-state index is 0.0188. The molecule has 1 amide bonds. The highest BCUT2D eigenvalue weighted by Gasteiger charge is 2.47. The molecular formula is C21H23Cl2F3N4O. The standard InChI is InChI=1S/C21H23Cl2F3N4O/c1-11-4-3-5-12(2)29(11)20(31)17-10-19-27-16(13-6-7-14(22)15(23)8-13)9-18(21(24,25)26)30(19)28-17/h6-8,10-12,16,18,27H,3-5,9H2,1-2H3/t11-,12-,16+,18-/m0/s1. The van der Waals surface area contributed by atoms with Crippen molar-refractivity contribution in [3.05, 3.63) is 45.6 Å². The van der Waals surface area contributed by atoms with E-state index < -0.39 is 18.3 Å². The average Bonchev–Trinajstić information content (AvgIpc) is 3.12. The molecule has 1 saturated heterocycles. The number of carbonyl (C=O) groups is 1. The van der Waals surface area contributed by atoms with Gasteiger partial charge in [0.1, 0.15) is 5.82 Å². The lowest BCUT2D eigenvalue weighted by atomic mass is 9.96. The van der Waals surface area contributed by atoms with Crippen LogP contribution in [0.4, 0.5) is 19.0 Å². The predicted molar refractivity (Wildman–Crippen MR) is 114 cm³/mol. The second-order valence-electron chi connectivity index (χ2n) is 8.36. The van der Waals surface area contributed by atoms with Crippen molar-refractivity contribution in [2.24, 2.45) is 0 Å². The van der Waals surface area contributed by atoms with E-state index in [-0.39, 0.29) is 40.9 Å². The number of nitrogens with zero attached hydrogens (tertiary/aromatic N) is 3. The van der Waals surface area contributed by atoms with Crippen LogP contribution < -0.4 is 5.32 Å². The van der Waals surface area contributed by atoms with Gasteiger partial charge in [0.25, 0.3) is 5.91 Å². The average molecular weight is 475 g/mol. The van der Waals surface area contributed by atoms with Gasteiger partial charge in [-0.1, -0.05) is 29.3 Å². The van der Waals surface area contributed by atoms with E-state index in [9.17, 15) is 18.0 Å². The Morgan fingerprint density at radius 2 is 1.81 bits per heavy atom. The van der Waals surface area contributed by atoms with E-state index in [0.717, 1.165) is 23.9 Å². The van der Waals surface area contributed by atoms with E-state index >= 15 is 0 Å². The molecule has 168 valence electrons. The van der Waals surface area contributed by atoms with Crippen LogP contribution in [0.5, 0.6) is 0 Å². The van der Waals surface area contributed by atoms with Gasteiger partial charge < -0.3 is 10.2 Å². The van der Waals surface area contributed by atoms with E-state index in [4.69, 9.17) is 23.2 Å². The Hall–Kier alpha value is -1.93. The number of fused-ring (bicyclic) bond motifs is 1. The number of hydrogen-bond donors (Lipinski definition) is 1. The fourth-order valence-electron chi connectivity index (χ4n) is 4.58. The summed E-state index contributed by atoms with van der Waals surface area (Å²) in [5.74, 6) is -0.180. The number of amides is 1. The number of rotatable bonds is 2. The number of alkyl halides is 3. The molecule has 2 aromatic rings. The highest BCUT2D eigenvalue weighted by atomic mass is 35.5. The fraction of sp³-hybridized carbons (Fsp3) is 0.524. The highest BCUT2D eigenvalue weighted by Crippen LogP contribution is 2.44. The summed E-state index contributed by atoms with van der Waals surface area (Å²) >= 11 is 12.0. The fourth-order valence-corrected chi connectivity index (χ4v) is 4.89. The third-order valence-electron chi connectivity index (χ3n) is 6.18. The van der Waals surface area contributed by atoms with Crippen molar-refractivity contribution in [2.75, 3.05) is 5.32 Å². The van der Waals surface area contributed by atoms with Crippen LogP contribution in [0.1, 0.15) is 67.7 Å². The molecular weight excluding hydrogens is 452 g/mol. The second kappa shape index (κ2) is 8.20. The maximum Gasteiger partial charge on any atom is 0.410 e. The quantitative estimate of drug-likeness (QED) is 0.559. The number of halogens is 5. The number of nitrogens with one attached hydrogen (secondary N) is 1. The van der Waals surface area contributed by atoms with Gasteiger partial charge in [-0.3, -0.25) is 4.79 Å². The van der Waals surface area contributed by atoms with Gasteiger partial charge in [0.2, 0.25) is 0 Å². The van der Waals surface area contributed by atoms with Crippen LogP contribution in [0, 0.1) is 0 Å². The van der Waals surface area contributed by atoms with Gasteiger partial charge in [-0.05, 0) is 50.8 Å². The van der Waals surface area contributed by atoms with Gasteiger partial charge in [0, 0.05) is 24.6 Å². The van der Waals surface area contributed by atoms with Crippen molar-refractivity contribution < 1.29 is 18.0 Å². The zero-order chi connectivity index (χ0) is 22.5. The lowest BCUT2D eigenvalue weighted by Gasteiger charge is -2.38. The smallest absolute Gasteiger partial charge is 0.363 e. The number of likely N-dealkylation sites (tertiary alicyclic amines) is 1. The first-order valence-corrected chi connectivity index (χ1v) is 11.0. The maximum absolute atomic E-state index is 13.9. The summed E-state index contributed by atoms with van der Waals surface area (Å²) < 4.78 is 42.6. The summed E-state index contributed by atoms with van der Waals surface area (Å²) in [6.45, 7) is 3.92. The molecule has 4 atom stereocenters. The van der Waals surface area contributed by atoms with Crippen LogP contribution in [-0.4, -0.2) is 38.8 Å². The maximum atomic E-state index is 13.9. The number of piperidine rings is 1. The zero-order valence-corrected chi connectivity index (χ0v) is 18.6. The third-order valence-corrected chi connectivity index (χ3v) is 6.92. The van der Waals surface area contributed by atoms with Crippen molar-refractivity contribution in [3.63, 3.8) is 0 Å². The van der Waals surface area contributed by atoms with Gasteiger partial charge in [-0.25, -0.2) is 4.68 Å². The Morgan fingerprint density at radius 1 is 1.13 bits per heavy atom. The minimum atomic E-state index is -4.52. The van der Waals surface area contributed by atoms with E-state index in [1.54, 1.807) is 23.1 Å². The predicted octanol–water partition coefficient (Wildman–Crippen LogP) is 6.25. The van der Waals surface area contributed by atoms with Crippen LogP contribution in [0.2, 0.25) is 10.0 Å². The molecule has 2 aliphatic rings. The summed E-state index contributed by atoms with van der Waals surface area (Å²) in [4.78, 5) is 14.9. The largest absolute Gasteiger partial charge is 0.410 e. The van der Waals surface area contributed by atoms with E-state index in [1.807, 2.05) is 13.8 Å². The molecule has 2 aliphatic heterocycles. The summed E-state index contributed by atoms with van der Waals surface area (Å²) in [6, 6.07) is 3.71. The normalized spacial score (nSPS) is 26.4. The first-order chi connectivity index (χ1) is 14.6. The molecule has 0 saturated carbocycles. The molecule has 1 N–H and O–H groups in total. The SMILES string of the molecule is C[C@H]1CCC[C@H](C)N1C(=O)c1cc2n(n1)[C@H](C(F)(F)F)C[C@H](c1ccc(Cl)c(Cl)c1)N2. The summed E-state index contributed by atoms with van der Waals surface area (Å²) in [7, 11) is 0. The number of hydrogen-bond acceptors (Lipinski definition) is 3. The van der Waals surface area contributed by atoms with Gasteiger partial charge in [0.15, 0.2) is 11.7 Å². The van der Waals surface area contributed by atoms with Crippen molar-refractivity contribution in [1.82, 2.24) is 14.7 Å². The molecule has 4 rings (SSSR count). The number of carbonyl (C=O) groups excluding carboxylic acids is 1. The van der Waals surface area contributed by atoms with Gasteiger partial charge in [-0.15, -0.1) is 0 Å². The Kier molecular flexibility index (Phi) is 5.89. The Morgan fingerprint density at radius 3 is 2.42 bits per heavy atom. The minimum Gasteiger partial charge on any atom is -0.363 e. The van der Waals surface area contributed by atoms with E-state index in [0.29, 0.717) is 10.6 Å². The molecule has 0 bridgehead atoms. The first-order valence-electron chi connectivity index (χ1n) is 10.3. The van der Waals surface area contributed by atoms with Crippen molar-refractivity contribution in [3.8, 4) is 0 Å². The molecule has 0 unspecified atom stereocenters. The summed E-state index contributed by atoms with van der Waals surface area (Å²) in [5, 5.41) is 7.79. The van der Waals surface area contributed by atoms with Crippen molar-refractivity contribution in [1.29, 1.82) is 0 Å². The molecule has 1 aromatic heterocycles. The number of anilines is 1. The van der Waals surface area contributed by atoms with Crippen LogP contribution in [0.3, 0.4) is 0 Å². The molecule has 0 aliphatic carbocycles. The highest BCUT2D eigenvalue weighted by molar-refractivity contribution is 6.42. The van der Waals surface area contributed by atoms with E-state index in [1.165, 1.54) is 6.07 Å². The van der Waals surface area contributed by atoms with Gasteiger partial charge in [-0.2, -0.15) is 18.3 Å². The van der Waals surface area contributed by atoms with Crippen LogP contribution in [0.15, 0.2) is 24.3 Å². The third kappa shape index (κ3) is 4.24. The summed E-state index contributed by atoms with van der Waals surface area (Å²) in [5.41, 5.74) is 0.606. The van der Waals surface area contributed by atoms with Crippen molar-refractivity contribution >= 4 is 34.9 Å².